The zero-order valence-electron chi connectivity index (χ0n) is 6.33. The largest absolute Gasteiger partial charge is 1.00 e. The smallest absolute Gasteiger partial charge is 0.425 e. The van der Waals surface area contributed by atoms with Gasteiger partial charge in [0.05, 0.1) is 0 Å². The standard InChI is InChI=1S/CH10O4Si4/c1-9-4-7-2-6-3-8-5-9/h9H,6-8H2,1H3/p+1. The van der Waals surface area contributed by atoms with Crippen LogP contribution in [0.3, 0.4) is 0 Å². The minimum Gasteiger partial charge on any atom is -0.425 e. The molecule has 0 aromatic heterocycles. The van der Waals surface area contributed by atoms with Crippen molar-refractivity contribution in [2.75, 3.05) is 0 Å². The molecule has 1 rings (SSSR count). The van der Waals surface area contributed by atoms with Gasteiger partial charge in [0.2, 0.25) is 0 Å². The highest BCUT2D eigenvalue weighted by atomic mass is 28.4. The first-order valence-electron chi connectivity index (χ1n) is 2.78. The fourth-order valence-corrected chi connectivity index (χ4v) is 7.83. The van der Waals surface area contributed by atoms with Gasteiger partial charge in [-0.05, 0) is 6.55 Å². The molecular formula is CH11O4Si4+. The molecule has 0 amide bonds. The van der Waals surface area contributed by atoms with E-state index in [1.54, 1.807) is 0 Å². The maximum atomic E-state index is 5.31. The van der Waals surface area contributed by atoms with Crippen molar-refractivity contribution in [3.63, 3.8) is 0 Å². The van der Waals surface area contributed by atoms with Crippen LogP contribution < -0.4 is 0 Å². The van der Waals surface area contributed by atoms with E-state index >= 15 is 0 Å². The topological polar surface area (TPSA) is 36.9 Å². The van der Waals surface area contributed by atoms with Crippen molar-refractivity contribution >= 4 is 39.3 Å². The molecule has 0 spiro atoms. The molecule has 0 aromatic rings. The van der Waals surface area contributed by atoms with E-state index < -0.39 is 39.3 Å². The van der Waals surface area contributed by atoms with Crippen LogP contribution in [0, 0.1) is 0 Å². The highest BCUT2D eigenvalue weighted by Gasteiger charge is 2.08. The third-order valence-corrected chi connectivity index (χ3v) is 8.45. The van der Waals surface area contributed by atoms with Crippen LogP contribution in [0.25, 0.3) is 0 Å². The van der Waals surface area contributed by atoms with E-state index in [-0.39, 0.29) is 1.43 Å². The van der Waals surface area contributed by atoms with Crippen molar-refractivity contribution in [1.82, 2.24) is 0 Å². The summed E-state index contributed by atoms with van der Waals surface area (Å²) in [6.45, 7) is 2.01. The third kappa shape index (κ3) is 3.42. The lowest BCUT2D eigenvalue weighted by molar-refractivity contribution is 0.333. The highest BCUT2D eigenvalue weighted by Crippen LogP contribution is 1.89. The van der Waals surface area contributed by atoms with Crippen LogP contribution in [-0.2, 0) is 16.5 Å². The molecule has 4 nitrogen and oxygen atoms in total. The summed E-state index contributed by atoms with van der Waals surface area (Å²) < 4.78 is 20.9. The molecule has 0 N–H and O–H groups in total. The fourth-order valence-electron chi connectivity index (χ4n) is 0.463. The van der Waals surface area contributed by atoms with E-state index in [9.17, 15) is 0 Å². The summed E-state index contributed by atoms with van der Waals surface area (Å²) in [6, 6.07) is 0. The molecule has 0 unspecified atom stereocenters. The molecule has 0 radical (unpaired) electrons. The van der Waals surface area contributed by atoms with Crippen molar-refractivity contribution in [3.05, 3.63) is 0 Å². The first-order chi connectivity index (χ1) is 4.39. The average Bonchev–Trinajstić information content (AvgIpc) is 1.79. The lowest BCUT2D eigenvalue weighted by Gasteiger charge is -2.16. The van der Waals surface area contributed by atoms with Gasteiger partial charge in [-0.1, -0.05) is 0 Å². The first kappa shape index (κ1) is 7.81. The number of rotatable bonds is 0. The van der Waals surface area contributed by atoms with E-state index in [1.165, 1.54) is 0 Å². The number of hydrogen-bond acceptors (Lipinski definition) is 4. The summed E-state index contributed by atoms with van der Waals surface area (Å²) in [4.78, 5) is 0. The highest BCUT2D eigenvalue weighted by molar-refractivity contribution is 6.59. The van der Waals surface area contributed by atoms with Crippen LogP contribution in [0.5, 0.6) is 0 Å². The third-order valence-electron chi connectivity index (χ3n) is 0.939. The molecule has 1 aliphatic heterocycles. The average molecular weight is 199 g/mol. The predicted molar refractivity (Wildman–Crippen MR) is 44.1 cm³/mol. The van der Waals surface area contributed by atoms with Crippen LogP contribution in [0.4, 0.5) is 0 Å². The monoisotopic (exact) mass is 199 g/mol. The maximum absolute atomic E-state index is 5.31. The quantitative estimate of drug-likeness (QED) is 0.390. The summed E-state index contributed by atoms with van der Waals surface area (Å²) in [5, 5.41) is 0. The van der Waals surface area contributed by atoms with Crippen molar-refractivity contribution in [3.8, 4) is 0 Å². The molecule has 1 saturated heterocycles. The van der Waals surface area contributed by atoms with Crippen LogP contribution in [0.15, 0.2) is 0 Å². The summed E-state index contributed by atoms with van der Waals surface area (Å²) >= 11 is 0. The van der Waals surface area contributed by atoms with E-state index in [0.29, 0.717) is 0 Å². The molecule has 0 bridgehead atoms. The molecule has 0 saturated carbocycles. The molecule has 0 aromatic carbocycles. The molecule has 9 heavy (non-hydrogen) atoms. The molecule has 0 aliphatic carbocycles. The maximum Gasteiger partial charge on any atom is 1.00 e. The Morgan fingerprint density at radius 2 is 1.67 bits per heavy atom. The van der Waals surface area contributed by atoms with Crippen molar-refractivity contribution in [2.45, 2.75) is 6.55 Å². The molecular weight excluding hydrogens is 188 g/mol. The van der Waals surface area contributed by atoms with Gasteiger partial charge < -0.3 is 16.5 Å². The summed E-state index contributed by atoms with van der Waals surface area (Å²) in [6.07, 6.45) is 0. The van der Waals surface area contributed by atoms with E-state index in [4.69, 9.17) is 16.5 Å². The lowest BCUT2D eigenvalue weighted by atomic mass is 11.9. The van der Waals surface area contributed by atoms with Crippen LogP contribution in [0.1, 0.15) is 1.43 Å². The van der Waals surface area contributed by atoms with E-state index in [0.717, 1.165) is 0 Å². The van der Waals surface area contributed by atoms with Crippen molar-refractivity contribution < 1.29 is 17.9 Å². The van der Waals surface area contributed by atoms with Gasteiger partial charge in [0, 0.05) is 0 Å². The van der Waals surface area contributed by atoms with E-state index in [2.05, 4.69) is 0 Å². The summed E-state index contributed by atoms with van der Waals surface area (Å²) in [7, 11) is -3.35. The van der Waals surface area contributed by atoms with E-state index in [1.807, 2.05) is 6.55 Å². The Kier molecular flexibility index (Phi) is 3.92. The molecule has 1 heterocycles. The molecule has 1 fully saturated rings. The minimum atomic E-state index is -1.27. The van der Waals surface area contributed by atoms with Crippen LogP contribution >= 0.6 is 0 Å². The Hall–Kier alpha value is 0.708. The Balaban J connectivity index is 0.000000810. The Morgan fingerprint density at radius 1 is 1.11 bits per heavy atom. The first-order valence-corrected chi connectivity index (χ1v) is 8.34. The van der Waals surface area contributed by atoms with Gasteiger partial charge in [-0.2, -0.15) is 0 Å². The zero-order valence-corrected chi connectivity index (χ0v) is 10.7. The van der Waals surface area contributed by atoms with Crippen molar-refractivity contribution in [2.24, 2.45) is 0 Å². The molecule has 54 valence electrons. The van der Waals surface area contributed by atoms with Gasteiger partial charge in [-0.25, -0.2) is 0 Å². The minimum absolute atomic E-state index is 0. The fraction of sp³-hybridized carbons (Fsp3) is 1.00. The van der Waals surface area contributed by atoms with Crippen LogP contribution in [-0.4, -0.2) is 39.3 Å². The van der Waals surface area contributed by atoms with Crippen molar-refractivity contribution in [1.29, 1.82) is 0 Å². The van der Waals surface area contributed by atoms with Gasteiger partial charge in [-0.15, -0.1) is 0 Å². The normalized spacial score (nSPS) is 39.0. The molecule has 1 aliphatic rings. The summed E-state index contributed by atoms with van der Waals surface area (Å²) in [5.74, 6) is 0. The van der Waals surface area contributed by atoms with Gasteiger partial charge in [0.15, 0.2) is 0 Å². The second-order valence-electron chi connectivity index (χ2n) is 1.66. The predicted octanol–water partition coefficient (Wildman–Crippen LogP) is -2.97. The Bertz CT molecular complexity index is 75.7. The Morgan fingerprint density at radius 3 is 2.22 bits per heavy atom. The number of hydrogen-bond donors (Lipinski definition) is 0. The van der Waals surface area contributed by atoms with Crippen LogP contribution in [0.2, 0.25) is 6.55 Å². The van der Waals surface area contributed by atoms with Gasteiger partial charge in [-0.3, -0.25) is 0 Å². The summed E-state index contributed by atoms with van der Waals surface area (Å²) in [5.41, 5.74) is 0. The SMILES string of the molecule is C[SiH]1O[SiH2]O[SiH2]O[SiH2]O1.[H+]. The zero-order chi connectivity index (χ0) is 6.53. The second kappa shape index (κ2) is 4.51. The molecule has 8 heteroatoms. The lowest BCUT2D eigenvalue weighted by Crippen LogP contribution is -2.30. The Labute approximate surface area is 64.4 Å². The van der Waals surface area contributed by atoms with Gasteiger partial charge in [0.25, 0.3) is 39.3 Å². The van der Waals surface area contributed by atoms with Gasteiger partial charge in [0.1, 0.15) is 0 Å². The second-order valence-corrected chi connectivity index (χ2v) is 9.44. The van der Waals surface area contributed by atoms with Gasteiger partial charge >= 0.3 is 1.43 Å². The molecule has 0 atom stereocenters.